The Morgan fingerprint density at radius 1 is 1.03 bits per heavy atom. The number of rotatable bonds is 9. The van der Waals surface area contributed by atoms with Crippen molar-refractivity contribution in [2.24, 2.45) is 0 Å². The number of hydrogen-bond donors (Lipinski definition) is 1. The van der Waals surface area contributed by atoms with Crippen molar-refractivity contribution < 1.29 is 32.5 Å². The molecule has 10 heteroatoms. The summed E-state index contributed by atoms with van der Waals surface area (Å²) in [6.07, 6.45) is 1.54. The second-order valence-corrected chi connectivity index (χ2v) is 5.83. The second kappa shape index (κ2) is 9.59. The third-order valence-corrected chi connectivity index (χ3v) is 3.95. The van der Waals surface area contributed by atoms with Crippen molar-refractivity contribution >= 4 is 11.6 Å². The van der Waals surface area contributed by atoms with Crippen LogP contribution in [0.5, 0.6) is 23.0 Å². The number of anilines is 1. The molecule has 0 aliphatic heterocycles. The lowest BCUT2D eigenvalue weighted by Gasteiger charge is -2.14. The van der Waals surface area contributed by atoms with Gasteiger partial charge in [-0.15, -0.1) is 0 Å². The predicted octanol–water partition coefficient (Wildman–Crippen LogP) is 3.79. The first-order chi connectivity index (χ1) is 14.5. The molecule has 158 valence electrons. The number of nitrogens with zero attached hydrogens (tertiary/aromatic N) is 2. The van der Waals surface area contributed by atoms with Crippen molar-refractivity contribution in [1.29, 1.82) is 0 Å². The van der Waals surface area contributed by atoms with Gasteiger partial charge in [-0.2, -0.15) is 13.9 Å². The Morgan fingerprint density at radius 3 is 2.37 bits per heavy atom. The maximum atomic E-state index is 12.5. The highest BCUT2D eigenvalue weighted by Crippen LogP contribution is 2.36. The predicted molar refractivity (Wildman–Crippen MR) is 103 cm³/mol. The second-order valence-electron chi connectivity index (χ2n) is 5.83. The van der Waals surface area contributed by atoms with Gasteiger partial charge in [-0.3, -0.25) is 4.79 Å². The number of halogens is 2. The normalized spacial score (nSPS) is 10.6. The molecule has 0 spiro atoms. The number of alkyl halides is 2. The molecule has 30 heavy (non-hydrogen) atoms. The summed E-state index contributed by atoms with van der Waals surface area (Å²) in [5, 5.41) is 6.63. The van der Waals surface area contributed by atoms with Gasteiger partial charge in [0.15, 0.2) is 23.9 Å². The molecule has 0 atom stereocenters. The number of amides is 1. The van der Waals surface area contributed by atoms with Crippen molar-refractivity contribution in [2.45, 2.75) is 13.3 Å². The van der Waals surface area contributed by atoms with Gasteiger partial charge in [0.25, 0.3) is 5.91 Å². The molecular formula is C20H19F2N3O5. The third kappa shape index (κ3) is 4.96. The lowest BCUT2D eigenvalue weighted by molar-refractivity contribution is -0.0493. The molecule has 0 radical (unpaired) electrons. The van der Waals surface area contributed by atoms with E-state index < -0.39 is 12.5 Å². The Labute approximate surface area is 170 Å². The van der Waals surface area contributed by atoms with Crippen LogP contribution in [-0.4, -0.2) is 36.5 Å². The number of methoxy groups -OCH3 is 2. The average Bonchev–Trinajstić information content (AvgIpc) is 3.22. The van der Waals surface area contributed by atoms with Crippen molar-refractivity contribution in [3.8, 4) is 23.0 Å². The van der Waals surface area contributed by atoms with E-state index in [0.29, 0.717) is 17.2 Å². The molecule has 0 saturated heterocycles. The molecule has 3 rings (SSSR count). The molecule has 0 saturated carbocycles. The molecule has 1 amide bonds. The minimum atomic E-state index is -3.01. The Balaban J connectivity index is 1.68. The maximum absolute atomic E-state index is 12.5. The summed E-state index contributed by atoms with van der Waals surface area (Å²) in [6, 6.07) is 12.5. The van der Waals surface area contributed by atoms with Crippen LogP contribution in [0.4, 0.5) is 14.5 Å². The molecule has 0 aliphatic rings. The van der Waals surface area contributed by atoms with Gasteiger partial charge in [0, 0.05) is 6.20 Å². The van der Waals surface area contributed by atoms with E-state index in [-0.39, 0.29) is 23.9 Å². The molecule has 0 unspecified atom stereocenters. The van der Waals surface area contributed by atoms with E-state index in [0.717, 1.165) is 0 Å². The fraction of sp³-hybridized carbons (Fsp3) is 0.200. The van der Waals surface area contributed by atoms with Crippen LogP contribution in [0.1, 0.15) is 10.5 Å². The lowest BCUT2D eigenvalue weighted by Crippen LogP contribution is -2.15. The average molecular weight is 419 g/mol. The first-order valence-electron chi connectivity index (χ1n) is 8.74. The van der Waals surface area contributed by atoms with Crippen LogP contribution in [0.15, 0.2) is 54.7 Å². The quantitative estimate of drug-likeness (QED) is 0.568. The molecular weight excluding hydrogens is 400 g/mol. The van der Waals surface area contributed by atoms with E-state index in [9.17, 15) is 13.6 Å². The SMILES string of the molecule is COc1cccc(OC)c1OCn1ccc(C(=O)Nc2ccccc2OC(F)F)n1. The van der Waals surface area contributed by atoms with Crippen LogP contribution in [0.2, 0.25) is 0 Å². The van der Waals surface area contributed by atoms with Crippen molar-refractivity contribution in [3.63, 3.8) is 0 Å². The number of para-hydroxylation sites is 3. The molecule has 0 fully saturated rings. The zero-order valence-electron chi connectivity index (χ0n) is 16.2. The number of carbonyl (C=O) groups is 1. The highest BCUT2D eigenvalue weighted by atomic mass is 19.3. The minimum absolute atomic E-state index is 0.0188. The summed E-state index contributed by atoms with van der Waals surface area (Å²) < 4.78 is 47.1. The molecule has 1 N–H and O–H groups in total. The topological polar surface area (TPSA) is 83.8 Å². The molecule has 1 aromatic heterocycles. The van der Waals surface area contributed by atoms with Crippen LogP contribution in [0, 0.1) is 0 Å². The fourth-order valence-corrected chi connectivity index (χ4v) is 2.60. The largest absolute Gasteiger partial charge is 0.493 e. The van der Waals surface area contributed by atoms with Gasteiger partial charge in [0.05, 0.1) is 19.9 Å². The first kappa shape index (κ1) is 20.9. The van der Waals surface area contributed by atoms with E-state index in [1.165, 1.54) is 43.2 Å². The number of aromatic nitrogens is 2. The zero-order chi connectivity index (χ0) is 21.5. The first-order valence-corrected chi connectivity index (χ1v) is 8.74. The Bertz CT molecular complexity index is 987. The van der Waals surface area contributed by atoms with E-state index in [2.05, 4.69) is 15.2 Å². The summed E-state index contributed by atoms with van der Waals surface area (Å²) in [7, 11) is 3.02. The van der Waals surface area contributed by atoms with Crippen LogP contribution >= 0.6 is 0 Å². The fourth-order valence-electron chi connectivity index (χ4n) is 2.60. The number of carbonyl (C=O) groups excluding carboxylic acids is 1. The van der Waals surface area contributed by atoms with Gasteiger partial charge in [0.2, 0.25) is 5.75 Å². The maximum Gasteiger partial charge on any atom is 0.387 e. The van der Waals surface area contributed by atoms with Gasteiger partial charge in [-0.25, -0.2) is 4.68 Å². The van der Waals surface area contributed by atoms with E-state index >= 15 is 0 Å². The van der Waals surface area contributed by atoms with E-state index in [4.69, 9.17) is 14.2 Å². The molecule has 2 aromatic carbocycles. The molecule has 3 aromatic rings. The lowest BCUT2D eigenvalue weighted by atomic mass is 10.3. The zero-order valence-corrected chi connectivity index (χ0v) is 16.2. The van der Waals surface area contributed by atoms with Crippen molar-refractivity contribution in [2.75, 3.05) is 19.5 Å². The molecule has 0 aliphatic carbocycles. The van der Waals surface area contributed by atoms with Crippen LogP contribution < -0.4 is 24.3 Å². The van der Waals surface area contributed by atoms with Crippen LogP contribution in [-0.2, 0) is 6.73 Å². The number of hydrogen-bond acceptors (Lipinski definition) is 6. The molecule has 8 nitrogen and oxygen atoms in total. The van der Waals surface area contributed by atoms with Gasteiger partial charge in [-0.05, 0) is 30.3 Å². The summed E-state index contributed by atoms with van der Waals surface area (Å²) >= 11 is 0. The summed E-state index contributed by atoms with van der Waals surface area (Å²) in [6.45, 7) is -3.03. The molecule has 0 bridgehead atoms. The van der Waals surface area contributed by atoms with E-state index in [1.54, 1.807) is 30.5 Å². The highest BCUT2D eigenvalue weighted by molar-refractivity contribution is 6.03. The van der Waals surface area contributed by atoms with Crippen LogP contribution in [0.3, 0.4) is 0 Å². The molecule has 1 heterocycles. The summed E-state index contributed by atoms with van der Waals surface area (Å²) in [5.74, 6) is 0.619. The Kier molecular flexibility index (Phi) is 6.68. The highest BCUT2D eigenvalue weighted by Gasteiger charge is 2.16. The van der Waals surface area contributed by atoms with Gasteiger partial charge in [-0.1, -0.05) is 18.2 Å². The summed E-state index contributed by atoms with van der Waals surface area (Å²) in [4.78, 5) is 12.4. The summed E-state index contributed by atoms with van der Waals surface area (Å²) in [5.41, 5.74) is 0.171. The monoisotopic (exact) mass is 419 g/mol. The Hall–Kier alpha value is -3.82. The number of ether oxygens (including phenoxy) is 4. The van der Waals surface area contributed by atoms with Gasteiger partial charge in [0.1, 0.15) is 5.75 Å². The number of nitrogens with one attached hydrogen (secondary N) is 1. The van der Waals surface area contributed by atoms with Crippen LogP contribution in [0.25, 0.3) is 0 Å². The smallest absolute Gasteiger partial charge is 0.387 e. The van der Waals surface area contributed by atoms with Crippen molar-refractivity contribution in [3.05, 3.63) is 60.4 Å². The van der Waals surface area contributed by atoms with Gasteiger partial charge >= 0.3 is 6.61 Å². The van der Waals surface area contributed by atoms with E-state index in [1.807, 2.05) is 0 Å². The minimum Gasteiger partial charge on any atom is -0.493 e. The van der Waals surface area contributed by atoms with Gasteiger partial charge < -0.3 is 24.3 Å². The van der Waals surface area contributed by atoms with Crippen molar-refractivity contribution in [1.82, 2.24) is 9.78 Å². The standard InChI is InChI=1S/C20H19F2N3O5/c1-27-16-8-5-9-17(28-2)18(16)29-12-25-11-10-14(24-25)19(26)23-13-6-3-4-7-15(13)30-20(21)22/h3-11,20H,12H2,1-2H3,(H,23,26). The number of benzene rings is 2. The Morgan fingerprint density at radius 2 is 1.70 bits per heavy atom. The third-order valence-electron chi connectivity index (χ3n) is 3.95.